The molecule has 1 saturated heterocycles. The summed E-state index contributed by atoms with van der Waals surface area (Å²) in [5.41, 5.74) is -0.830. The lowest BCUT2D eigenvalue weighted by atomic mass is 10.0. The Labute approximate surface area is 130 Å². The summed E-state index contributed by atoms with van der Waals surface area (Å²) in [6, 6.07) is 7.05. The summed E-state index contributed by atoms with van der Waals surface area (Å²) in [7, 11) is 3.81. The largest absolute Gasteiger partial charge is 0.482 e. The number of ether oxygens (including phenoxy) is 1. The highest BCUT2D eigenvalue weighted by Gasteiger charge is 2.38. The minimum absolute atomic E-state index is 0.0677. The number of likely N-dealkylation sites (tertiary alicyclic amines) is 1. The fourth-order valence-corrected chi connectivity index (χ4v) is 2.77. The minimum Gasteiger partial charge on any atom is -0.482 e. The molecule has 0 saturated carbocycles. The Morgan fingerprint density at radius 3 is 2.86 bits per heavy atom. The van der Waals surface area contributed by atoms with Crippen molar-refractivity contribution in [2.75, 3.05) is 40.3 Å². The van der Waals surface area contributed by atoms with E-state index in [4.69, 9.17) is 16.3 Å². The third-order valence-electron chi connectivity index (χ3n) is 3.48. The van der Waals surface area contributed by atoms with Crippen LogP contribution in [0.1, 0.15) is 6.42 Å². The Hall–Kier alpha value is -1.30. The van der Waals surface area contributed by atoms with Crippen LogP contribution in [0, 0.1) is 0 Å². The average Bonchev–Trinajstić information content (AvgIpc) is 2.79. The molecule has 0 aliphatic carbocycles. The molecular formula is C15H21ClN2O3. The summed E-state index contributed by atoms with van der Waals surface area (Å²) in [5, 5.41) is 10.9. The van der Waals surface area contributed by atoms with Crippen LogP contribution in [0.4, 0.5) is 0 Å². The van der Waals surface area contributed by atoms with Gasteiger partial charge in [-0.2, -0.15) is 0 Å². The minimum atomic E-state index is -0.830. The van der Waals surface area contributed by atoms with E-state index in [0.29, 0.717) is 36.8 Å². The maximum atomic E-state index is 12.1. The fraction of sp³-hybridized carbons (Fsp3) is 0.533. The highest BCUT2D eigenvalue weighted by Crippen LogP contribution is 2.24. The molecule has 1 fully saturated rings. The van der Waals surface area contributed by atoms with Gasteiger partial charge in [0.1, 0.15) is 5.75 Å². The number of rotatable bonds is 5. The van der Waals surface area contributed by atoms with Gasteiger partial charge in [-0.25, -0.2) is 0 Å². The van der Waals surface area contributed by atoms with E-state index in [1.165, 1.54) is 0 Å². The molecule has 0 bridgehead atoms. The number of likely N-dealkylation sites (N-methyl/N-ethyl adjacent to an activating group) is 1. The summed E-state index contributed by atoms with van der Waals surface area (Å²) in [5.74, 6) is 0.361. The third-order valence-corrected chi connectivity index (χ3v) is 3.80. The van der Waals surface area contributed by atoms with Gasteiger partial charge in [0, 0.05) is 13.1 Å². The van der Waals surface area contributed by atoms with Gasteiger partial charge in [-0.05, 0) is 32.6 Å². The summed E-state index contributed by atoms with van der Waals surface area (Å²) < 4.78 is 5.45. The number of hydrogen-bond acceptors (Lipinski definition) is 4. The van der Waals surface area contributed by atoms with Crippen molar-refractivity contribution in [1.29, 1.82) is 0 Å². The van der Waals surface area contributed by atoms with Crippen LogP contribution >= 0.6 is 11.6 Å². The van der Waals surface area contributed by atoms with Crippen LogP contribution in [0.3, 0.4) is 0 Å². The molecule has 2 rings (SSSR count). The van der Waals surface area contributed by atoms with Crippen molar-refractivity contribution >= 4 is 17.5 Å². The van der Waals surface area contributed by atoms with Crippen LogP contribution in [-0.4, -0.2) is 66.8 Å². The Bertz CT molecular complexity index is 509. The molecule has 0 radical (unpaired) electrons. The molecule has 0 spiro atoms. The molecule has 1 aliphatic rings. The first-order valence-electron chi connectivity index (χ1n) is 6.92. The zero-order valence-electron chi connectivity index (χ0n) is 12.4. The second-order valence-electron chi connectivity index (χ2n) is 5.75. The fourth-order valence-electron chi connectivity index (χ4n) is 2.58. The van der Waals surface area contributed by atoms with E-state index in [2.05, 4.69) is 0 Å². The van der Waals surface area contributed by atoms with Gasteiger partial charge in [0.2, 0.25) is 0 Å². The second-order valence-corrected chi connectivity index (χ2v) is 6.15. The normalized spacial score (nSPS) is 21.9. The molecule has 1 aromatic rings. The van der Waals surface area contributed by atoms with Crippen LogP contribution in [0.15, 0.2) is 24.3 Å². The van der Waals surface area contributed by atoms with E-state index in [0.717, 1.165) is 0 Å². The van der Waals surface area contributed by atoms with E-state index < -0.39 is 5.60 Å². The smallest absolute Gasteiger partial charge is 0.260 e. The third kappa shape index (κ3) is 4.33. The molecule has 1 atom stereocenters. The molecule has 1 N–H and O–H groups in total. The first kappa shape index (κ1) is 16.1. The van der Waals surface area contributed by atoms with Gasteiger partial charge < -0.3 is 19.6 Å². The highest BCUT2D eigenvalue weighted by atomic mass is 35.5. The molecule has 116 valence electrons. The van der Waals surface area contributed by atoms with Crippen LogP contribution in [0.2, 0.25) is 5.02 Å². The van der Waals surface area contributed by atoms with Crippen LogP contribution in [0.5, 0.6) is 5.75 Å². The molecule has 21 heavy (non-hydrogen) atoms. The number of aliphatic hydroxyl groups is 1. The predicted octanol–water partition coefficient (Wildman–Crippen LogP) is 1.24. The van der Waals surface area contributed by atoms with Crippen molar-refractivity contribution < 1.29 is 14.6 Å². The van der Waals surface area contributed by atoms with E-state index in [9.17, 15) is 9.90 Å². The van der Waals surface area contributed by atoms with Crippen LogP contribution in [0.25, 0.3) is 0 Å². The predicted molar refractivity (Wildman–Crippen MR) is 81.6 cm³/mol. The van der Waals surface area contributed by atoms with E-state index in [-0.39, 0.29) is 12.5 Å². The van der Waals surface area contributed by atoms with Gasteiger partial charge in [-0.15, -0.1) is 0 Å². The van der Waals surface area contributed by atoms with Gasteiger partial charge >= 0.3 is 0 Å². The molecular weight excluding hydrogens is 292 g/mol. The Balaban J connectivity index is 1.86. The summed E-state index contributed by atoms with van der Waals surface area (Å²) in [6.07, 6.45) is 0.586. The zero-order valence-corrected chi connectivity index (χ0v) is 13.1. The maximum absolute atomic E-state index is 12.1. The van der Waals surface area contributed by atoms with Crippen molar-refractivity contribution in [2.24, 2.45) is 0 Å². The maximum Gasteiger partial charge on any atom is 0.260 e. The van der Waals surface area contributed by atoms with E-state index in [1.54, 1.807) is 29.2 Å². The van der Waals surface area contributed by atoms with Gasteiger partial charge in [0.15, 0.2) is 6.61 Å². The molecule has 6 heteroatoms. The quantitative estimate of drug-likeness (QED) is 0.889. The zero-order chi connectivity index (χ0) is 15.5. The molecule has 5 nitrogen and oxygen atoms in total. The molecule has 1 amide bonds. The van der Waals surface area contributed by atoms with Gasteiger partial charge in [-0.3, -0.25) is 4.79 Å². The van der Waals surface area contributed by atoms with Crippen molar-refractivity contribution in [2.45, 2.75) is 12.0 Å². The SMILES string of the molecule is CN(C)C[C@@]1(O)CCN(C(=O)COc2ccccc2Cl)C1. The van der Waals surface area contributed by atoms with Crippen molar-refractivity contribution in [3.05, 3.63) is 29.3 Å². The van der Waals surface area contributed by atoms with Crippen molar-refractivity contribution in [3.8, 4) is 5.75 Å². The number of nitrogens with zero attached hydrogens (tertiary/aromatic N) is 2. The highest BCUT2D eigenvalue weighted by molar-refractivity contribution is 6.32. The number of hydrogen-bond donors (Lipinski definition) is 1. The molecule has 1 aromatic carbocycles. The average molecular weight is 313 g/mol. The van der Waals surface area contributed by atoms with Crippen molar-refractivity contribution in [1.82, 2.24) is 9.80 Å². The van der Waals surface area contributed by atoms with Gasteiger partial charge in [0.25, 0.3) is 5.91 Å². The second kappa shape index (κ2) is 6.64. The van der Waals surface area contributed by atoms with Crippen molar-refractivity contribution in [3.63, 3.8) is 0 Å². The lowest BCUT2D eigenvalue weighted by molar-refractivity contribution is -0.133. The van der Waals surface area contributed by atoms with Gasteiger partial charge in [-0.1, -0.05) is 23.7 Å². The van der Waals surface area contributed by atoms with Crippen LogP contribution < -0.4 is 4.74 Å². The molecule has 0 aromatic heterocycles. The number of β-amino-alcohol motifs (C(OH)–C–C–N with tert-alkyl or cyclic N) is 1. The Kier molecular flexibility index (Phi) is 5.08. The van der Waals surface area contributed by atoms with E-state index >= 15 is 0 Å². The Morgan fingerprint density at radius 2 is 2.19 bits per heavy atom. The molecule has 1 heterocycles. The molecule has 1 aliphatic heterocycles. The lowest BCUT2D eigenvalue weighted by Crippen LogP contribution is -2.44. The number of halogens is 1. The van der Waals surface area contributed by atoms with Gasteiger partial charge in [0.05, 0.1) is 17.2 Å². The summed E-state index contributed by atoms with van der Waals surface area (Å²) in [4.78, 5) is 15.7. The Morgan fingerprint density at radius 1 is 1.48 bits per heavy atom. The number of amides is 1. The lowest BCUT2D eigenvalue weighted by Gasteiger charge is -2.26. The summed E-state index contributed by atoms with van der Waals surface area (Å²) >= 11 is 5.97. The molecule has 0 unspecified atom stereocenters. The van der Waals surface area contributed by atoms with E-state index in [1.807, 2.05) is 19.0 Å². The standard InChI is InChI=1S/C15H21ClN2O3/c1-17(2)10-15(20)7-8-18(11-15)14(19)9-21-13-6-4-3-5-12(13)16/h3-6,20H,7-11H2,1-2H3/t15-/m0/s1. The first-order valence-corrected chi connectivity index (χ1v) is 7.30. The summed E-state index contributed by atoms with van der Waals surface area (Å²) in [6.45, 7) is 1.37. The number of benzene rings is 1. The van der Waals surface area contributed by atoms with Crippen LogP contribution in [-0.2, 0) is 4.79 Å². The number of carbonyl (C=O) groups is 1. The first-order chi connectivity index (χ1) is 9.89. The number of para-hydroxylation sites is 1. The monoisotopic (exact) mass is 312 g/mol. The topological polar surface area (TPSA) is 53.0 Å². The number of carbonyl (C=O) groups excluding carboxylic acids is 1.